The summed E-state index contributed by atoms with van der Waals surface area (Å²) in [6.07, 6.45) is 7.82. The van der Waals surface area contributed by atoms with E-state index < -0.39 is 0 Å². The van der Waals surface area contributed by atoms with Crippen LogP contribution in [0.3, 0.4) is 0 Å². The zero-order valence-corrected chi connectivity index (χ0v) is 34.9. The van der Waals surface area contributed by atoms with E-state index >= 15 is 0 Å². The van der Waals surface area contributed by atoms with E-state index in [2.05, 4.69) is 69.6 Å². The Balaban J connectivity index is 0.000000245. The van der Waals surface area contributed by atoms with Crippen LogP contribution in [0.1, 0.15) is 88.7 Å². The maximum absolute atomic E-state index is 13.1. The highest BCUT2D eigenvalue weighted by molar-refractivity contribution is 6.08. The molecule has 0 saturated carbocycles. The summed E-state index contributed by atoms with van der Waals surface area (Å²) in [6, 6.07) is 19.0. The van der Waals surface area contributed by atoms with Crippen molar-refractivity contribution in [1.82, 2.24) is 14.7 Å². The molecule has 3 heterocycles. The number of nitrogens with one attached hydrogen (secondary N) is 2. The van der Waals surface area contributed by atoms with Crippen molar-refractivity contribution in [3.05, 3.63) is 88.5 Å². The predicted molar refractivity (Wildman–Crippen MR) is 230 cm³/mol. The van der Waals surface area contributed by atoms with Gasteiger partial charge in [0.25, 0.3) is 5.91 Å². The van der Waals surface area contributed by atoms with Crippen LogP contribution >= 0.6 is 0 Å². The molecule has 0 atom stereocenters. The number of anilines is 3. The van der Waals surface area contributed by atoms with E-state index in [-0.39, 0.29) is 11.3 Å². The Morgan fingerprint density at radius 3 is 2.09 bits per heavy atom. The van der Waals surface area contributed by atoms with E-state index in [0.29, 0.717) is 35.7 Å². The van der Waals surface area contributed by atoms with Gasteiger partial charge in [0.15, 0.2) is 0 Å². The zero-order valence-electron chi connectivity index (χ0n) is 34.9. The Morgan fingerprint density at radius 1 is 0.839 bits per heavy atom. The molecular weight excluding hydrogens is 705 g/mol. The van der Waals surface area contributed by atoms with E-state index in [1.807, 2.05) is 46.0 Å². The minimum Gasteiger partial charge on any atom is -0.387 e. The molecule has 11 heteroatoms. The maximum atomic E-state index is 13.1. The van der Waals surface area contributed by atoms with Crippen LogP contribution in [-0.2, 0) is 22.5 Å². The molecule has 1 amide bonds. The summed E-state index contributed by atoms with van der Waals surface area (Å²) in [5.74, 6) is -0.0592. The van der Waals surface area contributed by atoms with Gasteiger partial charge in [0.05, 0.1) is 18.8 Å². The molecule has 0 aliphatic carbocycles. The van der Waals surface area contributed by atoms with E-state index in [0.717, 1.165) is 88.8 Å². The number of carbonyl (C=O) groups is 4. The number of rotatable bonds is 10. The van der Waals surface area contributed by atoms with Gasteiger partial charge in [-0.25, -0.2) is 0 Å². The molecule has 3 aromatic carbocycles. The highest BCUT2D eigenvalue weighted by Gasteiger charge is 2.18. The molecule has 2 N–H and O–H groups in total. The van der Waals surface area contributed by atoms with Crippen LogP contribution in [0.25, 0.3) is 0 Å². The quantitative estimate of drug-likeness (QED) is 0.214. The van der Waals surface area contributed by atoms with Gasteiger partial charge in [-0.05, 0) is 99.8 Å². The number of ether oxygens (including phenoxy) is 1. The smallest absolute Gasteiger partial charge is 0.257 e. The Hall–Kier alpha value is -4.42. The molecule has 11 nitrogen and oxygen atoms in total. The van der Waals surface area contributed by atoms with Crippen LogP contribution in [-0.4, -0.2) is 127 Å². The van der Waals surface area contributed by atoms with Crippen LogP contribution in [0.4, 0.5) is 17.1 Å². The monoisotopic (exact) mass is 771 g/mol. The molecule has 0 spiro atoms. The third-order valence-electron chi connectivity index (χ3n) is 9.75. The van der Waals surface area contributed by atoms with E-state index in [4.69, 9.17) is 4.74 Å². The van der Waals surface area contributed by atoms with Crippen LogP contribution in [0, 0.1) is 5.41 Å². The van der Waals surface area contributed by atoms with Crippen molar-refractivity contribution in [3.63, 3.8) is 0 Å². The highest BCUT2D eigenvalue weighted by Crippen LogP contribution is 2.28. The van der Waals surface area contributed by atoms with Crippen LogP contribution < -0.4 is 15.5 Å². The molecule has 3 aliphatic heterocycles. The van der Waals surface area contributed by atoms with E-state index in [9.17, 15) is 19.2 Å². The Labute approximate surface area is 335 Å². The van der Waals surface area contributed by atoms with Crippen molar-refractivity contribution >= 4 is 41.8 Å². The van der Waals surface area contributed by atoms with Crippen molar-refractivity contribution in [3.8, 4) is 0 Å². The number of hydrogen-bond donors (Lipinski definition) is 2. The molecular formula is C45H66N6O5. The van der Waals surface area contributed by atoms with Crippen LogP contribution in [0.2, 0.25) is 0 Å². The lowest BCUT2D eigenvalue weighted by atomic mass is 9.93. The normalized spacial score (nSPS) is 15.7. The molecule has 0 radical (unpaired) electrons. The third-order valence-corrected chi connectivity index (χ3v) is 9.75. The number of piperidine rings is 1. The van der Waals surface area contributed by atoms with Crippen LogP contribution in [0.5, 0.6) is 0 Å². The van der Waals surface area contributed by atoms with Crippen molar-refractivity contribution in [1.29, 1.82) is 0 Å². The van der Waals surface area contributed by atoms with Gasteiger partial charge in [-0.1, -0.05) is 45.0 Å². The number of amides is 1. The number of aldehydes is 3. The SMILES string of the molecule is CC(C)(C)CC=O.CN(C)CCN1CCOCC1.CNc1ccc(N2CCCCC2)cc1C(=O)Nc1ccc2c(c1)CCN(C)C2.O=Cc1cccc(C=O)c1. The van der Waals surface area contributed by atoms with Gasteiger partial charge in [-0.2, -0.15) is 0 Å². The number of carbonyl (C=O) groups excluding carboxylic acids is 4. The molecule has 0 unspecified atom stereocenters. The predicted octanol–water partition coefficient (Wildman–Crippen LogP) is 6.77. The lowest BCUT2D eigenvalue weighted by Gasteiger charge is -2.29. The second kappa shape index (κ2) is 24.3. The third kappa shape index (κ3) is 16.8. The lowest BCUT2D eigenvalue weighted by molar-refractivity contribution is -0.109. The van der Waals surface area contributed by atoms with Gasteiger partial charge in [0, 0.05) is 94.0 Å². The zero-order chi connectivity index (χ0) is 40.9. The first-order chi connectivity index (χ1) is 26.8. The van der Waals surface area contributed by atoms with Gasteiger partial charge < -0.3 is 34.9 Å². The van der Waals surface area contributed by atoms with Crippen molar-refractivity contribution in [2.75, 3.05) is 103 Å². The Kier molecular flexibility index (Phi) is 19.9. The maximum Gasteiger partial charge on any atom is 0.257 e. The molecule has 2 fully saturated rings. The minimum absolute atomic E-state index is 0.0592. The number of hydrogen-bond acceptors (Lipinski definition) is 10. The van der Waals surface area contributed by atoms with E-state index in [1.54, 1.807) is 24.3 Å². The largest absolute Gasteiger partial charge is 0.387 e. The van der Waals surface area contributed by atoms with Gasteiger partial charge in [0.1, 0.15) is 18.9 Å². The average Bonchev–Trinajstić information content (AvgIpc) is 3.21. The number of nitrogens with zero attached hydrogens (tertiary/aromatic N) is 4. The van der Waals surface area contributed by atoms with E-state index in [1.165, 1.54) is 36.9 Å². The molecule has 3 aliphatic rings. The van der Waals surface area contributed by atoms with Gasteiger partial charge in [-0.15, -0.1) is 0 Å². The fraction of sp³-hybridized carbons (Fsp3) is 0.511. The van der Waals surface area contributed by atoms with Gasteiger partial charge in [-0.3, -0.25) is 19.3 Å². The molecule has 0 aromatic heterocycles. The van der Waals surface area contributed by atoms with Crippen molar-refractivity contribution in [2.45, 2.75) is 59.4 Å². The first-order valence-corrected chi connectivity index (χ1v) is 19.9. The second-order valence-corrected chi connectivity index (χ2v) is 16.0. The van der Waals surface area contributed by atoms with Gasteiger partial charge >= 0.3 is 0 Å². The minimum atomic E-state index is -0.0592. The highest BCUT2D eigenvalue weighted by atomic mass is 16.5. The first kappa shape index (κ1) is 46.0. The van der Waals surface area contributed by atoms with Crippen LogP contribution in [0.15, 0.2) is 60.7 Å². The molecule has 0 bridgehead atoms. The molecule has 6 rings (SSSR count). The number of benzene rings is 3. The molecule has 306 valence electrons. The fourth-order valence-corrected chi connectivity index (χ4v) is 6.38. The summed E-state index contributed by atoms with van der Waals surface area (Å²) in [5.41, 5.74) is 7.51. The standard InChI is InChI=1S/C23H30N4O.C8H18N2O.C8H6O2.C6H12O/c1-24-22-9-8-20(27-11-4-3-5-12-27)15-21(22)23(28)25-19-7-6-18-16-26(2)13-10-17(18)14-19;1-9(2)3-4-10-5-7-11-8-6-10;9-5-7-2-1-3-8(4-7)6-10;1-6(2,3)4-5-7/h6-9,14-15,24H,3-5,10-13,16H2,1-2H3,(H,25,28);3-8H2,1-2H3;1-6H;5H,4H2,1-3H3. The second-order valence-electron chi connectivity index (χ2n) is 16.0. The lowest BCUT2D eigenvalue weighted by Crippen LogP contribution is -2.40. The summed E-state index contributed by atoms with van der Waals surface area (Å²) in [6.45, 7) is 16.7. The summed E-state index contributed by atoms with van der Waals surface area (Å²) in [7, 11) is 8.23. The van der Waals surface area contributed by atoms with Gasteiger partial charge in [0.2, 0.25) is 0 Å². The first-order valence-electron chi connectivity index (χ1n) is 19.9. The topological polar surface area (TPSA) is 115 Å². The number of likely N-dealkylation sites (N-methyl/N-ethyl adjacent to an activating group) is 2. The average molecular weight is 771 g/mol. The summed E-state index contributed by atoms with van der Waals surface area (Å²) >= 11 is 0. The summed E-state index contributed by atoms with van der Waals surface area (Å²) in [4.78, 5) is 52.6. The Bertz CT molecular complexity index is 1640. The van der Waals surface area contributed by atoms with Crippen molar-refractivity contribution < 1.29 is 23.9 Å². The number of fused-ring (bicyclic) bond motifs is 1. The van der Waals surface area contributed by atoms with Crippen molar-refractivity contribution in [2.24, 2.45) is 5.41 Å². The summed E-state index contributed by atoms with van der Waals surface area (Å²) in [5, 5.41) is 6.28. The fourth-order valence-electron chi connectivity index (χ4n) is 6.38. The molecule has 3 aromatic rings. The Morgan fingerprint density at radius 2 is 1.52 bits per heavy atom. The molecule has 2 saturated heterocycles. The molecule has 56 heavy (non-hydrogen) atoms. The number of morpholine rings is 1. The summed E-state index contributed by atoms with van der Waals surface area (Å²) < 4.78 is 5.25.